The summed E-state index contributed by atoms with van der Waals surface area (Å²) in [4.78, 5) is 45.2. The second-order valence-corrected chi connectivity index (χ2v) is 4.76. The second-order valence-electron chi connectivity index (χ2n) is 4.39. The molecule has 0 spiro atoms. The average molecular weight is 336 g/mol. The van der Waals surface area contributed by atoms with Crippen LogP contribution in [0.5, 0.6) is 0 Å². The quantitative estimate of drug-likeness (QED) is 0.213. The molecule has 0 aromatic rings. The van der Waals surface area contributed by atoms with Crippen molar-refractivity contribution in [3.8, 4) is 0 Å². The average Bonchev–Trinajstić information content (AvgIpc) is 2.46. The smallest absolute Gasteiger partial charge is 0.328 e. The lowest BCUT2D eigenvalue weighted by Gasteiger charge is -2.18. The first-order chi connectivity index (χ1) is 10.2. The van der Waals surface area contributed by atoms with Gasteiger partial charge in [-0.1, -0.05) is 0 Å². The maximum absolute atomic E-state index is 11.8. The van der Waals surface area contributed by atoms with Crippen molar-refractivity contribution in [2.75, 3.05) is 18.9 Å². The molecular weight excluding hydrogens is 316 g/mol. The Morgan fingerprint density at radius 1 is 1.14 bits per heavy atom. The van der Waals surface area contributed by atoms with E-state index in [2.05, 4.69) is 23.3 Å². The fourth-order valence-corrected chi connectivity index (χ4v) is 1.48. The van der Waals surface area contributed by atoms with Gasteiger partial charge in [-0.25, -0.2) is 4.79 Å². The molecule has 0 saturated heterocycles. The van der Waals surface area contributed by atoms with Crippen LogP contribution in [-0.2, 0) is 19.2 Å². The number of carboxylic acid groups (broad SMARTS) is 1. The van der Waals surface area contributed by atoms with Crippen LogP contribution < -0.4 is 21.7 Å². The fraction of sp³-hybridized carbons (Fsp3) is 0.636. The SMILES string of the molecule is CC(N)C(=O)NC(CS)C(=O)NCC(=O)NC(CO)C(=O)O. The zero-order chi connectivity index (χ0) is 17.3. The first kappa shape index (κ1) is 20.1. The van der Waals surface area contributed by atoms with E-state index in [1.807, 2.05) is 5.32 Å². The van der Waals surface area contributed by atoms with Crippen molar-refractivity contribution in [3.63, 3.8) is 0 Å². The van der Waals surface area contributed by atoms with E-state index in [4.69, 9.17) is 15.9 Å². The van der Waals surface area contributed by atoms with Crippen molar-refractivity contribution in [1.29, 1.82) is 0 Å². The van der Waals surface area contributed by atoms with Crippen LogP contribution in [0.3, 0.4) is 0 Å². The zero-order valence-corrected chi connectivity index (χ0v) is 12.8. The fourth-order valence-electron chi connectivity index (χ4n) is 1.22. The number of aliphatic hydroxyl groups excluding tert-OH is 1. The Morgan fingerprint density at radius 3 is 2.14 bits per heavy atom. The van der Waals surface area contributed by atoms with Gasteiger partial charge in [0.05, 0.1) is 19.2 Å². The summed E-state index contributed by atoms with van der Waals surface area (Å²) in [5, 5.41) is 24.0. The molecule has 0 fully saturated rings. The summed E-state index contributed by atoms with van der Waals surface area (Å²) in [5.74, 6) is -3.44. The Bertz CT molecular complexity index is 431. The van der Waals surface area contributed by atoms with Gasteiger partial charge in [0, 0.05) is 5.75 Å². The Morgan fingerprint density at radius 2 is 1.73 bits per heavy atom. The molecule has 3 unspecified atom stereocenters. The maximum Gasteiger partial charge on any atom is 0.328 e. The highest BCUT2D eigenvalue weighted by molar-refractivity contribution is 7.80. The molecule has 0 aromatic heterocycles. The van der Waals surface area contributed by atoms with Gasteiger partial charge in [0.25, 0.3) is 0 Å². The van der Waals surface area contributed by atoms with Crippen molar-refractivity contribution >= 4 is 36.3 Å². The van der Waals surface area contributed by atoms with Crippen LogP contribution in [0.4, 0.5) is 0 Å². The van der Waals surface area contributed by atoms with E-state index in [9.17, 15) is 19.2 Å². The molecule has 22 heavy (non-hydrogen) atoms. The van der Waals surface area contributed by atoms with E-state index in [1.54, 1.807) is 0 Å². The van der Waals surface area contributed by atoms with Crippen molar-refractivity contribution in [3.05, 3.63) is 0 Å². The predicted molar refractivity (Wildman–Crippen MR) is 79.1 cm³/mol. The molecule has 0 aliphatic heterocycles. The Labute approximate surface area is 132 Å². The topological polar surface area (TPSA) is 171 Å². The largest absolute Gasteiger partial charge is 0.480 e. The molecule has 3 atom stereocenters. The number of aliphatic carboxylic acids is 1. The number of nitrogens with two attached hydrogens (primary N) is 1. The Balaban J connectivity index is 4.37. The number of carbonyl (C=O) groups excluding carboxylic acids is 3. The van der Waals surface area contributed by atoms with Gasteiger partial charge in [0.15, 0.2) is 0 Å². The van der Waals surface area contributed by atoms with Gasteiger partial charge < -0.3 is 31.9 Å². The van der Waals surface area contributed by atoms with Crippen molar-refractivity contribution in [1.82, 2.24) is 16.0 Å². The van der Waals surface area contributed by atoms with E-state index in [-0.39, 0.29) is 5.75 Å². The molecule has 0 bridgehead atoms. The summed E-state index contributed by atoms with van der Waals surface area (Å²) in [6.45, 7) is 0.150. The van der Waals surface area contributed by atoms with Crippen molar-refractivity contribution in [2.24, 2.45) is 5.73 Å². The van der Waals surface area contributed by atoms with Gasteiger partial charge >= 0.3 is 5.97 Å². The number of carboxylic acids is 1. The van der Waals surface area contributed by atoms with Gasteiger partial charge in [-0.15, -0.1) is 0 Å². The standard InChI is InChI=1S/C11H20N4O6S/c1-5(12)9(18)15-7(4-22)10(19)13-2-8(17)14-6(3-16)11(20)21/h5-7,16,22H,2-4,12H2,1H3,(H,13,19)(H,14,17)(H,15,18)(H,20,21). The summed E-state index contributed by atoms with van der Waals surface area (Å²) in [5.41, 5.74) is 5.35. The molecule has 0 aliphatic rings. The maximum atomic E-state index is 11.8. The Kier molecular flexibility index (Phi) is 9.13. The second kappa shape index (κ2) is 9.97. The molecular formula is C11H20N4O6S. The molecule has 0 saturated carbocycles. The van der Waals surface area contributed by atoms with Crippen LogP contribution in [0.2, 0.25) is 0 Å². The van der Waals surface area contributed by atoms with E-state index in [1.165, 1.54) is 6.92 Å². The molecule has 0 aromatic carbocycles. The molecule has 0 radical (unpaired) electrons. The molecule has 126 valence electrons. The van der Waals surface area contributed by atoms with E-state index in [0.29, 0.717) is 0 Å². The number of aliphatic hydroxyl groups is 1. The third-order valence-electron chi connectivity index (χ3n) is 2.47. The van der Waals surface area contributed by atoms with Gasteiger partial charge in [0.1, 0.15) is 12.1 Å². The summed E-state index contributed by atoms with van der Waals surface area (Å²) in [6, 6.07) is -3.25. The van der Waals surface area contributed by atoms with E-state index < -0.39 is 55.0 Å². The molecule has 3 amide bonds. The highest BCUT2D eigenvalue weighted by Gasteiger charge is 2.22. The summed E-state index contributed by atoms with van der Waals surface area (Å²) in [6.07, 6.45) is 0. The van der Waals surface area contributed by atoms with Crippen LogP contribution in [0.15, 0.2) is 0 Å². The number of amides is 3. The van der Waals surface area contributed by atoms with Crippen molar-refractivity contribution in [2.45, 2.75) is 25.0 Å². The molecule has 0 heterocycles. The molecule has 11 heteroatoms. The Hall–Kier alpha value is -1.85. The predicted octanol–water partition coefficient (Wildman–Crippen LogP) is -3.57. The molecule has 10 nitrogen and oxygen atoms in total. The van der Waals surface area contributed by atoms with Crippen LogP contribution in [0.25, 0.3) is 0 Å². The normalized spacial score (nSPS) is 14.4. The number of nitrogens with one attached hydrogen (secondary N) is 3. The number of carbonyl (C=O) groups is 4. The highest BCUT2D eigenvalue weighted by Crippen LogP contribution is 1.90. The first-order valence-corrected chi connectivity index (χ1v) is 6.93. The lowest BCUT2D eigenvalue weighted by Crippen LogP contribution is -2.54. The molecule has 7 N–H and O–H groups in total. The highest BCUT2D eigenvalue weighted by atomic mass is 32.1. The van der Waals surface area contributed by atoms with Gasteiger partial charge in [0.2, 0.25) is 17.7 Å². The van der Waals surface area contributed by atoms with E-state index >= 15 is 0 Å². The monoisotopic (exact) mass is 336 g/mol. The minimum Gasteiger partial charge on any atom is -0.480 e. The van der Waals surface area contributed by atoms with Gasteiger partial charge in [-0.05, 0) is 6.92 Å². The molecule has 0 aliphatic carbocycles. The van der Waals surface area contributed by atoms with Crippen LogP contribution >= 0.6 is 12.6 Å². The first-order valence-electron chi connectivity index (χ1n) is 6.30. The number of rotatable bonds is 9. The summed E-state index contributed by atoms with van der Waals surface area (Å²) < 4.78 is 0. The van der Waals surface area contributed by atoms with Crippen LogP contribution in [-0.4, -0.2) is 70.9 Å². The minimum atomic E-state index is -1.46. The minimum absolute atomic E-state index is 0.0136. The zero-order valence-electron chi connectivity index (χ0n) is 11.9. The summed E-state index contributed by atoms with van der Waals surface area (Å²) in [7, 11) is 0. The lowest BCUT2D eigenvalue weighted by atomic mass is 10.2. The number of hydrogen-bond acceptors (Lipinski definition) is 7. The molecule has 0 rings (SSSR count). The third kappa shape index (κ3) is 7.24. The third-order valence-corrected chi connectivity index (χ3v) is 2.83. The van der Waals surface area contributed by atoms with E-state index in [0.717, 1.165) is 0 Å². The number of hydrogen-bond donors (Lipinski definition) is 7. The van der Waals surface area contributed by atoms with Crippen molar-refractivity contribution < 1.29 is 29.4 Å². The number of thiol groups is 1. The van der Waals surface area contributed by atoms with Gasteiger partial charge in [-0.3, -0.25) is 14.4 Å². The van der Waals surface area contributed by atoms with Crippen LogP contribution in [0, 0.1) is 0 Å². The van der Waals surface area contributed by atoms with Crippen LogP contribution in [0.1, 0.15) is 6.92 Å². The van der Waals surface area contributed by atoms with Gasteiger partial charge in [-0.2, -0.15) is 12.6 Å². The lowest BCUT2D eigenvalue weighted by molar-refractivity contribution is -0.142. The summed E-state index contributed by atoms with van der Waals surface area (Å²) >= 11 is 3.91.